The average molecular weight is 593 g/mol. The van der Waals surface area contributed by atoms with Crippen LogP contribution in [0.25, 0.3) is 0 Å². The van der Waals surface area contributed by atoms with Gasteiger partial charge in [-0.25, -0.2) is 4.79 Å². The van der Waals surface area contributed by atoms with Crippen molar-refractivity contribution in [3.8, 4) is 0 Å². The molecule has 238 valence electrons. The first-order valence-corrected chi connectivity index (χ1v) is 15.1. The number of esters is 1. The molecular formula is C33H52O9. The number of aliphatic hydroxyl groups is 4. The minimum Gasteiger partial charge on any atom is -0.462 e. The summed E-state index contributed by atoms with van der Waals surface area (Å²) in [5.74, 6) is -2.41. The van der Waals surface area contributed by atoms with Crippen molar-refractivity contribution in [2.24, 2.45) is 41.4 Å². The maximum absolute atomic E-state index is 12.3. The molecule has 0 radical (unpaired) electrons. The van der Waals surface area contributed by atoms with E-state index in [-0.39, 0.29) is 48.5 Å². The lowest BCUT2D eigenvalue weighted by molar-refractivity contribution is -0.179. The molecule has 0 saturated carbocycles. The number of cyclic esters (lactones) is 3. The first-order chi connectivity index (χ1) is 19.7. The molecule has 0 amide bonds. The molecule has 42 heavy (non-hydrogen) atoms. The molecule has 0 unspecified atom stereocenters. The fourth-order valence-electron chi connectivity index (χ4n) is 6.09. The third-order valence-electron chi connectivity index (χ3n) is 8.87. The van der Waals surface area contributed by atoms with Gasteiger partial charge in [-0.1, -0.05) is 83.2 Å². The summed E-state index contributed by atoms with van der Waals surface area (Å²) in [6.45, 7) is 16.5. The quantitative estimate of drug-likeness (QED) is 0.132. The van der Waals surface area contributed by atoms with Gasteiger partial charge in [-0.15, -0.1) is 0 Å². The molecule has 2 heterocycles. The summed E-state index contributed by atoms with van der Waals surface area (Å²) in [7, 11) is 0. The van der Waals surface area contributed by atoms with Crippen molar-refractivity contribution in [1.29, 1.82) is 0 Å². The van der Waals surface area contributed by atoms with Gasteiger partial charge in [0.15, 0.2) is 0 Å². The molecule has 2 saturated heterocycles. The van der Waals surface area contributed by atoms with E-state index in [2.05, 4.69) is 6.58 Å². The summed E-state index contributed by atoms with van der Waals surface area (Å²) < 4.78 is 16.4. The highest BCUT2D eigenvalue weighted by atomic mass is 16.7. The maximum atomic E-state index is 12.3. The minimum absolute atomic E-state index is 0.0519. The zero-order chi connectivity index (χ0) is 31.7. The van der Waals surface area contributed by atoms with Gasteiger partial charge >= 0.3 is 12.1 Å². The Balaban J connectivity index is 1.99. The Morgan fingerprint density at radius 3 is 2.21 bits per heavy atom. The number of hydrogen-bond donors (Lipinski definition) is 4. The Labute approximate surface area is 250 Å². The van der Waals surface area contributed by atoms with E-state index >= 15 is 0 Å². The molecular weight excluding hydrogens is 540 g/mol. The second-order valence-electron chi connectivity index (χ2n) is 12.4. The Hall–Kier alpha value is -2.46. The van der Waals surface area contributed by atoms with Crippen molar-refractivity contribution in [3.63, 3.8) is 0 Å². The van der Waals surface area contributed by atoms with Crippen LogP contribution in [-0.4, -0.2) is 75.8 Å². The zero-order valence-electron chi connectivity index (χ0n) is 26.1. The lowest BCUT2D eigenvalue weighted by atomic mass is 9.80. The number of aliphatic hydroxyl groups excluding tert-OH is 4. The van der Waals surface area contributed by atoms with Crippen molar-refractivity contribution < 1.29 is 44.2 Å². The van der Waals surface area contributed by atoms with Crippen molar-refractivity contribution in [3.05, 3.63) is 48.6 Å². The van der Waals surface area contributed by atoms with E-state index in [1.165, 1.54) is 0 Å². The summed E-state index contributed by atoms with van der Waals surface area (Å²) in [5, 5.41) is 42.0. The number of hydrogen-bond acceptors (Lipinski definition) is 9. The summed E-state index contributed by atoms with van der Waals surface area (Å²) in [6.07, 6.45) is 6.62. The van der Waals surface area contributed by atoms with Gasteiger partial charge in [-0.3, -0.25) is 4.79 Å². The van der Waals surface area contributed by atoms with Gasteiger partial charge in [0.25, 0.3) is 0 Å². The average Bonchev–Trinajstić information content (AvgIpc) is 2.95. The van der Waals surface area contributed by atoms with Gasteiger partial charge in [-0.05, 0) is 20.3 Å². The summed E-state index contributed by atoms with van der Waals surface area (Å²) >= 11 is 0. The molecule has 2 fully saturated rings. The highest BCUT2D eigenvalue weighted by Gasteiger charge is 2.43. The summed E-state index contributed by atoms with van der Waals surface area (Å²) in [6, 6.07) is 0. The highest BCUT2D eigenvalue weighted by Crippen LogP contribution is 2.34. The Morgan fingerprint density at radius 2 is 1.60 bits per heavy atom. The Kier molecular flexibility index (Phi) is 14.0. The topological polar surface area (TPSA) is 143 Å². The molecule has 13 atom stereocenters. The summed E-state index contributed by atoms with van der Waals surface area (Å²) in [5.41, 5.74) is 0.948. The monoisotopic (exact) mass is 592 g/mol. The van der Waals surface area contributed by atoms with E-state index in [1.54, 1.807) is 32.1 Å². The van der Waals surface area contributed by atoms with Crippen LogP contribution in [0.15, 0.2) is 48.6 Å². The van der Waals surface area contributed by atoms with Crippen LogP contribution in [0.3, 0.4) is 0 Å². The molecule has 0 bridgehead atoms. The third-order valence-corrected chi connectivity index (χ3v) is 8.87. The van der Waals surface area contributed by atoms with Gasteiger partial charge in [0, 0.05) is 48.5 Å². The van der Waals surface area contributed by atoms with Gasteiger partial charge in [0.1, 0.15) is 18.3 Å². The fourth-order valence-corrected chi connectivity index (χ4v) is 6.09. The zero-order valence-corrected chi connectivity index (χ0v) is 26.1. The second kappa shape index (κ2) is 16.4. The van der Waals surface area contributed by atoms with E-state index < -0.39 is 54.7 Å². The Morgan fingerprint density at radius 1 is 0.952 bits per heavy atom. The van der Waals surface area contributed by atoms with Crippen LogP contribution in [0.2, 0.25) is 0 Å². The van der Waals surface area contributed by atoms with Gasteiger partial charge in [-0.2, -0.15) is 0 Å². The predicted octanol–water partition coefficient (Wildman–Crippen LogP) is 4.35. The number of carbonyl (C=O) groups excluding carboxylic acids is 2. The van der Waals surface area contributed by atoms with Crippen molar-refractivity contribution >= 4 is 12.1 Å². The van der Waals surface area contributed by atoms with E-state index in [4.69, 9.17) is 14.2 Å². The molecule has 2 rings (SSSR count). The van der Waals surface area contributed by atoms with Crippen LogP contribution in [0.1, 0.15) is 61.3 Å². The van der Waals surface area contributed by atoms with Crippen LogP contribution in [0.5, 0.6) is 0 Å². The molecule has 0 aromatic heterocycles. The molecule has 0 aromatic rings. The molecule has 2 aliphatic rings. The standard InChI is InChI=1S/C33H52O9/c1-9-10-11-20(4)30-24(8)31(42-33(39)41-30)25(17-34)15-18(2)14-21(5)28(36)19(3)12-13-26(35)16-27-22(6)29(37)23(7)32(38)40-27/h9-14,19-31,34-37H,1,15-17H2,2-8H3/b11-10-,13-12-,18-14-/t19-,20-,21-,22-,23+,24+,25+,26+,27-,28-,29-,30-,31+/m0/s1. The van der Waals surface area contributed by atoms with E-state index in [9.17, 15) is 30.0 Å². The van der Waals surface area contributed by atoms with Crippen LogP contribution < -0.4 is 0 Å². The molecule has 0 aliphatic carbocycles. The largest absolute Gasteiger partial charge is 0.508 e. The fraction of sp³-hybridized carbons (Fsp3) is 0.697. The van der Waals surface area contributed by atoms with Crippen molar-refractivity contribution in [2.45, 2.75) is 97.9 Å². The van der Waals surface area contributed by atoms with Gasteiger partial charge < -0.3 is 34.6 Å². The lowest BCUT2D eigenvalue weighted by Crippen LogP contribution is -2.49. The second-order valence-corrected chi connectivity index (χ2v) is 12.4. The third kappa shape index (κ3) is 9.53. The highest BCUT2D eigenvalue weighted by molar-refractivity contribution is 5.73. The molecule has 9 heteroatoms. The SMILES string of the molecule is C=C/C=C\[C@H](C)[C@@H]1OC(=O)O[C@@H]([C@@H](CO)C/C(C)=C\[C@H](C)[C@@H](O)[C@@H](C)/C=C\[C@@H](O)C[C@@H]2OC(=O)[C@H](C)[C@@H](O)[C@H]2C)[C@@H]1C. The van der Waals surface area contributed by atoms with E-state index in [1.807, 2.05) is 52.8 Å². The molecule has 2 aliphatic heterocycles. The first-order valence-electron chi connectivity index (χ1n) is 15.1. The lowest BCUT2D eigenvalue weighted by Gasteiger charge is -2.40. The molecule has 4 N–H and O–H groups in total. The van der Waals surface area contributed by atoms with Crippen LogP contribution in [0.4, 0.5) is 4.79 Å². The van der Waals surface area contributed by atoms with Crippen molar-refractivity contribution in [1.82, 2.24) is 0 Å². The van der Waals surface area contributed by atoms with Gasteiger partial charge in [0.05, 0.1) is 24.2 Å². The maximum Gasteiger partial charge on any atom is 0.508 e. The van der Waals surface area contributed by atoms with Crippen LogP contribution in [0, 0.1) is 41.4 Å². The minimum atomic E-state index is -0.901. The normalized spacial score (nSPS) is 33.3. The molecule has 0 aromatic carbocycles. The van der Waals surface area contributed by atoms with E-state index in [0.29, 0.717) is 6.42 Å². The number of carbonyl (C=O) groups is 2. The molecule has 0 spiro atoms. The summed E-state index contributed by atoms with van der Waals surface area (Å²) in [4.78, 5) is 24.2. The van der Waals surface area contributed by atoms with Crippen molar-refractivity contribution in [2.75, 3.05) is 6.61 Å². The smallest absolute Gasteiger partial charge is 0.462 e. The predicted molar refractivity (Wildman–Crippen MR) is 160 cm³/mol. The first kappa shape index (κ1) is 35.7. The van der Waals surface area contributed by atoms with Gasteiger partial charge in [0.2, 0.25) is 0 Å². The Bertz CT molecular complexity index is 988. The number of rotatable bonds is 14. The number of allylic oxidation sites excluding steroid dienone is 3. The molecule has 9 nitrogen and oxygen atoms in total. The van der Waals surface area contributed by atoms with E-state index in [0.717, 1.165) is 5.57 Å². The number of ether oxygens (including phenoxy) is 3. The van der Waals surface area contributed by atoms with Crippen LogP contribution >= 0.6 is 0 Å². The van der Waals surface area contributed by atoms with Crippen LogP contribution in [-0.2, 0) is 19.0 Å².